The van der Waals surface area contributed by atoms with E-state index >= 15 is 0 Å². The minimum absolute atomic E-state index is 0.170. The van der Waals surface area contributed by atoms with Crippen LogP contribution in [0.5, 0.6) is 0 Å². The van der Waals surface area contributed by atoms with E-state index in [4.69, 9.17) is 33.2 Å². The van der Waals surface area contributed by atoms with Gasteiger partial charge in [-0.25, -0.2) is 0 Å². The average Bonchev–Trinajstić information content (AvgIpc) is 0.956. The number of aliphatic hydroxyl groups is 19. The molecule has 0 saturated carbocycles. The van der Waals surface area contributed by atoms with Gasteiger partial charge < -0.3 is 130 Å². The second-order valence-corrected chi connectivity index (χ2v) is 23.7. The molecule has 0 aromatic heterocycles. The van der Waals surface area contributed by atoms with Crippen molar-refractivity contribution in [2.45, 2.75) is 318 Å². The molecule has 26 nitrogen and oxygen atoms in total. The van der Waals surface area contributed by atoms with Crippen LogP contribution in [0.3, 0.4) is 0 Å². The van der Waals surface area contributed by atoms with Gasteiger partial charge in [0.15, 0.2) is 40.8 Å². The SMILES string of the molecule is CCCCCCCCCCCCCCCCCO[C@H]([C@@H](OCCCCCCCCCCCCCCCCC)[C@H](CO[C@H](O)/C(O)=C(/O)[C@H](O)CCO)O[C@H](O)/C(O)=C(/O)[C@H](O)CCO)[C@H](CO[C@H](O)/C(O)=C(/O)[C@H](O)CCO)O[C@@H]1OC(CO)[C@@H](O)C(O)C1O. The Balaban J connectivity index is 3.99. The average molecular weight is 1310 g/mol. The van der Waals surface area contributed by atoms with E-state index in [9.17, 15) is 97.0 Å². The van der Waals surface area contributed by atoms with E-state index in [2.05, 4.69) is 13.8 Å². The molecular formula is C64H122O26. The minimum atomic E-state index is -2.64. The number of aliphatic hydroxyl groups excluding tert-OH is 19. The molecule has 19 N–H and O–H groups in total. The zero-order valence-electron chi connectivity index (χ0n) is 54.0. The van der Waals surface area contributed by atoms with Crippen LogP contribution in [-0.4, -0.2) is 242 Å². The lowest BCUT2D eigenvalue weighted by Crippen LogP contribution is -2.61. The van der Waals surface area contributed by atoms with Gasteiger partial charge in [0.2, 0.25) is 18.9 Å². The van der Waals surface area contributed by atoms with Crippen LogP contribution < -0.4 is 0 Å². The Morgan fingerprint density at radius 1 is 0.356 bits per heavy atom. The molecule has 534 valence electrons. The summed E-state index contributed by atoms with van der Waals surface area (Å²) >= 11 is 0. The molecule has 1 heterocycles. The molecule has 0 aromatic rings. The summed E-state index contributed by atoms with van der Waals surface area (Å²) < 4.78 is 42.3. The highest BCUT2D eigenvalue weighted by molar-refractivity contribution is 5.08. The van der Waals surface area contributed by atoms with Crippen LogP contribution >= 0.6 is 0 Å². The van der Waals surface area contributed by atoms with Gasteiger partial charge in [-0.15, -0.1) is 0 Å². The first-order valence-corrected chi connectivity index (χ1v) is 33.6. The molecule has 1 aliphatic heterocycles. The van der Waals surface area contributed by atoms with Crippen molar-refractivity contribution in [2.75, 3.05) is 52.9 Å². The molecule has 1 saturated heterocycles. The molecular weight excluding hydrogens is 1180 g/mol. The van der Waals surface area contributed by atoms with E-state index in [1.54, 1.807) is 0 Å². The molecule has 1 fully saturated rings. The van der Waals surface area contributed by atoms with Gasteiger partial charge in [-0.3, -0.25) is 0 Å². The van der Waals surface area contributed by atoms with E-state index in [0.29, 0.717) is 25.7 Å². The maximum Gasteiger partial charge on any atom is 0.217 e. The first-order chi connectivity index (χ1) is 43.3. The minimum Gasteiger partial charge on any atom is -0.506 e. The van der Waals surface area contributed by atoms with Crippen molar-refractivity contribution in [2.24, 2.45) is 0 Å². The Kier molecular flexibility index (Phi) is 50.6. The molecule has 1 aliphatic rings. The summed E-state index contributed by atoms with van der Waals surface area (Å²) in [6.45, 7) is -0.946. The van der Waals surface area contributed by atoms with E-state index < -0.39 is 186 Å². The van der Waals surface area contributed by atoms with Crippen LogP contribution in [0.1, 0.15) is 226 Å². The molecule has 0 radical (unpaired) electrons. The molecule has 3 unspecified atom stereocenters. The lowest BCUT2D eigenvalue weighted by Gasteiger charge is -2.43. The molecule has 1 rings (SSSR count). The maximum absolute atomic E-state index is 11.5. The van der Waals surface area contributed by atoms with Crippen LogP contribution in [0.2, 0.25) is 0 Å². The van der Waals surface area contributed by atoms with Crippen LogP contribution in [0.25, 0.3) is 0 Å². The van der Waals surface area contributed by atoms with Crippen molar-refractivity contribution in [1.82, 2.24) is 0 Å². The van der Waals surface area contributed by atoms with Crippen molar-refractivity contribution in [3.05, 3.63) is 34.6 Å². The van der Waals surface area contributed by atoms with Crippen LogP contribution in [0, 0.1) is 0 Å². The second-order valence-electron chi connectivity index (χ2n) is 23.7. The van der Waals surface area contributed by atoms with Gasteiger partial charge in [-0.05, 0) is 12.8 Å². The Morgan fingerprint density at radius 3 is 0.978 bits per heavy atom. The van der Waals surface area contributed by atoms with Crippen LogP contribution in [0.15, 0.2) is 34.6 Å². The number of hydrogen-bond donors (Lipinski definition) is 19. The van der Waals surface area contributed by atoms with Gasteiger partial charge in [-0.1, -0.05) is 194 Å². The third-order valence-corrected chi connectivity index (χ3v) is 16.1. The fourth-order valence-corrected chi connectivity index (χ4v) is 10.4. The quantitative estimate of drug-likeness (QED) is 0.0181. The van der Waals surface area contributed by atoms with Crippen LogP contribution in [-0.2, 0) is 33.2 Å². The zero-order valence-corrected chi connectivity index (χ0v) is 54.0. The lowest BCUT2D eigenvalue weighted by molar-refractivity contribution is -0.330. The highest BCUT2D eigenvalue weighted by Gasteiger charge is 2.48. The van der Waals surface area contributed by atoms with Gasteiger partial charge in [-0.2, -0.15) is 0 Å². The summed E-state index contributed by atoms with van der Waals surface area (Å²) in [5, 5.41) is 201. The van der Waals surface area contributed by atoms with Gasteiger partial charge in [0.1, 0.15) is 67.1 Å². The summed E-state index contributed by atoms with van der Waals surface area (Å²) in [5.74, 6) is -7.71. The standard InChI is InChI=1S/C64H122O26/c1-3-5-7-9-11-13-15-17-19-21-23-25-27-29-31-39-84-59(48(88-63(83)57(79)52(74)46(71)35-38-67)42-86-61(81)55(77)50(72)44(69)33-36-65)60(85-40-32-30-28-26-24-22-20-18-16-14-12-10-8-6-4-2)49(43-87-62(82)56(78)51(73)45(70)34-37-66)90-64-58(80)54(76)53(75)47(41-68)89-64/h44-49,53-54,58-83H,3-43H2,1-2H3/b55-50-,56-51-,57-52-/t44-,45-,46-,47?,48+,49+,53-,54?,58?,59+,60+,61+,62+,63+,64+/m1/s1. The Morgan fingerprint density at radius 2 is 0.656 bits per heavy atom. The van der Waals surface area contributed by atoms with E-state index in [0.717, 1.165) is 77.0 Å². The van der Waals surface area contributed by atoms with Crippen molar-refractivity contribution >= 4 is 0 Å². The van der Waals surface area contributed by atoms with Crippen molar-refractivity contribution in [3.63, 3.8) is 0 Å². The third-order valence-electron chi connectivity index (χ3n) is 16.1. The topological polar surface area (TPSA) is 449 Å². The molecule has 0 amide bonds. The molecule has 26 heteroatoms. The number of hydrogen-bond acceptors (Lipinski definition) is 26. The third kappa shape index (κ3) is 35.6. The summed E-state index contributed by atoms with van der Waals surface area (Å²) in [4.78, 5) is 0. The number of unbranched alkanes of at least 4 members (excludes halogenated alkanes) is 28. The zero-order chi connectivity index (χ0) is 67.1. The number of ether oxygens (including phenoxy) is 7. The first-order valence-electron chi connectivity index (χ1n) is 33.6. The van der Waals surface area contributed by atoms with Gasteiger partial charge in [0.25, 0.3) is 0 Å². The van der Waals surface area contributed by atoms with Crippen LogP contribution in [0.4, 0.5) is 0 Å². The van der Waals surface area contributed by atoms with Crippen molar-refractivity contribution in [3.8, 4) is 0 Å². The highest BCUT2D eigenvalue weighted by atomic mass is 16.7. The predicted octanol–water partition coefficient (Wildman–Crippen LogP) is 6.27. The molecule has 0 aliphatic carbocycles. The fraction of sp³-hybridized carbons (Fsp3) is 0.906. The first kappa shape index (κ1) is 85.2. The summed E-state index contributed by atoms with van der Waals surface area (Å²) in [6, 6.07) is 0. The number of rotatable bonds is 60. The predicted molar refractivity (Wildman–Crippen MR) is 333 cm³/mol. The smallest absolute Gasteiger partial charge is 0.217 e. The molecule has 90 heavy (non-hydrogen) atoms. The fourth-order valence-electron chi connectivity index (χ4n) is 10.4. The molecule has 15 atom stereocenters. The maximum atomic E-state index is 11.5. The van der Waals surface area contributed by atoms with Gasteiger partial charge in [0, 0.05) is 52.3 Å². The van der Waals surface area contributed by atoms with Gasteiger partial charge in [0.05, 0.1) is 19.8 Å². The molecule has 0 aromatic carbocycles. The largest absolute Gasteiger partial charge is 0.506 e. The summed E-state index contributed by atoms with van der Waals surface area (Å²) in [5.41, 5.74) is 0. The van der Waals surface area contributed by atoms with Gasteiger partial charge >= 0.3 is 0 Å². The van der Waals surface area contributed by atoms with Crippen molar-refractivity contribution in [1.29, 1.82) is 0 Å². The van der Waals surface area contributed by atoms with E-state index in [1.165, 1.54) is 89.9 Å². The molecule has 0 spiro atoms. The Hall–Kier alpha value is -2.78. The summed E-state index contributed by atoms with van der Waals surface area (Å²) in [7, 11) is 0. The Bertz CT molecular complexity index is 1810. The summed E-state index contributed by atoms with van der Waals surface area (Å²) in [6.07, 6.45) is -0.768. The van der Waals surface area contributed by atoms with E-state index in [-0.39, 0.29) is 13.2 Å². The molecule has 0 bridgehead atoms. The normalized spacial score (nSPS) is 21.6. The lowest BCUT2D eigenvalue weighted by atomic mass is 9.98. The highest BCUT2D eigenvalue weighted by Crippen LogP contribution is 2.30. The van der Waals surface area contributed by atoms with Crippen molar-refractivity contribution < 1.29 is 130 Å². The second kappa shape index (κ2) is 53.5. The van der Waals surface area contributed by atoms with E-state index in [1.807, 2.05) is 0 Å². The Labute approximate surface area is 534 Å². The monoisotopic (exact) mass is 1310 g/mol.